The molecule has 5 nitrogen and oxygen atoms in total. The van der Waals surface area contributed by atoms with Gasteiger partial charge >= 0.3 is 0 Å². The molecule has 0 aliphatic rings. The van der Waals surface area contributed by atoms with Gasteiger partial charge in [0.1, 0.15) is 0 Å². The van der Waals surface area contributed by atoms with Gasteiger partial charge in [0.2, 0.25) is 5.91 Å². The van der Waals surface area contributed by atoms with Crippen LogP contribution in [0.5, 0.6) is 11.5 Å². The molecular weight excluding hydrogens is 388 g/mol. The van der Waals surface area contributed by atoms with Gasteiger partial charge in [-0.1, -0.05) is 52.0 Å². The molecule has 0 saturated carbocycles. The third kappa shape index (κ3) is 7.59. The second-order valence-electron chi connectivity index (χ2n) is 8.89. The molecule has 0 spiro atoms. The van der Waals surface area contributed by atoms with Crippen molar-refractivity contribution in [3.8, 4) is 11.5 Å². The summed E-state index contributed by atoms with van der Waals surface area (Å²) >= 11 is 0. The molecule has 0 saturated heterocycles. The first-order valence-corrected chi connectivity index (χ1v) is 11.1. The second-order valence-corrected chi connectivity index (χ2v) is 8.89. The lowest BCUT2D eigenvalue weighted by Gasteiger charge is -2.22. The molecule has 1 atom stereocenters. The standard InChI is InChI=1S/C26H38N2O3/c1-7-27-16-8-9-20(19-10-12-21(13-11-19)26(2,3)4)17-25(29)28-22-14-15-23(30-5)24(18-22)31-6/h10-15,18,20,27H,7-9,16-17H2,1-6H3,(H,28,29). The zero-order valence-corrected chi connectivity index (χ0v) is 19.9. The Hall–Kier alpha value is -2.53. The molecule has 0 fully saturated rings. The summed E-state index contributed by atoms with van der Waals surface area (Å²) in [5, 5.41) is 6.39. The molecule has 2 aromatic carbocycles. The highest BCUT2D eigenvalue weighted by Crippen LogP contribution is 2.31. The van der Waals surface area contributed by atoms with Crippen LogP contribution >= 0.6 is 0 Å². The number of benzene rings is 2. The molecule has 0 bridgehead atoms. The van der Waals surface area contributed by atoms with Crippen molar-refractivity contribution in [2.45, 2.75) is 58.3 Å². The lowest BCUT2D eigenvalue weighted by molar-refractivity contribution is -0.116. The van der Waals surface area contributed by atoms with Crippen LogP contribution in [0.3, 0.4) is 0 Å². The Balaban J connectivity index is 2.12. The van der Waals surface area contributed by atoms with Crippen molar-refractivity contribution in [1.82, 2.24) is 5.32 Å². The fraction of sp³-hybridized carbons (Fsp3) is 0.500. The van der Waals surface area contributed by atoms with Crippen LogP contribution in [0.25, 0.3) is 0 Å². The van der Waals surface area contributed by atoms with Crippen molar-refractivity contribution in [2.24, 2.45) is 0 Å². The highest BCUT2D eigenvalue weighted by atomic mass is 16.5. The van der Waals surface area contributed by atoms with Gasteiger partial charge in [0.05, 0.1) is 14.2 Å². The summed E-state index contributed by atoms with van der Waals surface area (Å²) in [5.41, 5.74) is 3.34. The van der Waals surface area contributed by atoms with Crippen molar-refractivity contribution in [3.05, 3.63) is 53.6 Å². The van der Waals surface area contributed by atoms with E-state index in [0.717, 1.165) is 25.9 Å². The van der Waals surface area contributed by atoms with E-state index < -0.39 is 0 Å². The first-order valence-electron chi connectivity index (χ1n) is 11.1. The molecule has 2 rings (SSSR count). The third-order valence-electron chi connectivity index (χ3n) is 5.50. The van der Waals surface area contributed by atoms with Gasteiger partial charge in [-0.2, -0.15) is 0 Å². The van der Waals surface area contributed by atoms with E-state index in [0.29, 0.717) is 23.6 Å². The van der Waals surface area contributed by atoms with Gasteiger partial charge in [-0.3, -0.25) is 4.79 Å². The highest BCUT2D eigenvalue weighted by Gasteiger charge is 2.19. The summed E-state index contributed by atoms with van der Waals surface area (Å²) in [6.45, 7) is 10.7. The number of carbonyl (C=O) groups excluding carboxylic acids is 1. The summed E-state index contributed by atoms with van der Waals surface area (Å²) in [6, 6.07) is 14.2. The predicted molar refractivity (Wildman–Crippen MR) is 128 cm³/mol. The Kier molecular flexibility index (Phi) is 9.38. The lowest BCUT2D eigenvalue weighted by Crippen LogP contribution is -2.18. The number of methoxy groups -OCH3 is 2. The molecule has 2 N–H and O–H groups in total. The number of carbonyl (C=O) groups is 1. The molecule has 0 aromatic heterocycles. The number of anilines is 1. The van der Waals surface area contributed by atoms with Crippen LogP contribution in [0.15, 0.2) is 42.5 Å². The Labute approximate surface area is 187 Å². The number of rotatable bonds is 11. The average molecular weight is 427 g/mol. The Morgan fingerprint density at radius 2 is 1.68 bits per heavy atom. The maximum atomic E-state index is 12.9. The van der Waals surface area contributed by atoms with Crippen LogP contribution < -0.4 is 20.1 Å². The minimum absolute atomic E-state index is 0.000526. The Bertz CT molecular complexity index is 826. The van der Waals surface area contributed by atoms with E-state index in [1.165, 1.54) is 11.1 Å². The summed E-state index contributed by atoms with van der Waals surface area (Å²) in [5.74, 6) is 1.41. The molecule has 0 heterocycles. The van der Waals surface area contributed by atoms with Crippen LogP contribution in [0.1, 0.15) is 64.0 Å². The fourth-order valence-corrected chi connectivity index (χ4v) is 3.64. The molecule has 0 radical (unpaired) electrons. The van der Waals surface area contributed by atoms with Gasteiger partial charge in [-0.25, -0.2) is 0 Å². The quantitative estimate of drug-likeness (QED) is 0.466. The van der Waals surface area contributed by atoms with E-state index in [-0.39, 0.29) is 17.2 Å². The van der Waals surface area contributed by atoms with Gasteiger partial charge in [0.25, 0.3) is 0 Å². The molecule has 31 heavy (non-hydrogen) atoms. The van der Waals surface area contributed by atoms with E-state index in [9.17, 15) is 4.79 Å². The molecule has 1 unspecified atom stereocenters. The smallest absolute Gasteiger partial charge is 0.224 e. The maximum absolute atomic E-state index is 12.9. The first kappa shape index (κ1) is 24.7. The largest absolute Gasteiger partial charge is 0.493 e. The van der Waals surface area contributed by atoms with E-state index in [1.54, 1.807) is 26.4 Å². The zero-order valence-electron chi connectivity index (χ0n) is 19.9. The van der Waals surface area contributed by atoms with Crippen LogP contribution in [-0.2, 0) is 10.2 Å². The zero-order chi connectivity index (χ0) is 22.9. The van der Waals surface area contributed by atoms with Gasteiger partial charge in [-0.05, 0) is 60.5 Å². The normalized spacial score (nSPS) is 12.3. The molecular formula is C26H38N2O3. The van der Waals surface area contributed by atoms with E-state index in [4.69, 9.17) is 9.47 Å². The lowest BCUT2D eigenvalue weighted by atomic mass is 9.84. The molecule has 0 aliphatic carbocycles. The number of hydrogen-bond acceptors (Lipinski definition) is 4. The number of nitrogens with one attached hydrogen (secondary N) is 2. The van der Waals surface area contributed by atoms with E-state index >= 15 is 0 Å². The molecule has 170 valence electrons. The average Bonchev–Trinajstić information content (AvgIpc) is 2.75. The first-order chi connectivity index (χ1) is 14.8. The number of amides is 1. The van der Waals surface area contributed by atoms with E-state index in [2.05, 4.69) is 62.6 Å². The van der Waals surface area contributed by atoms with Crippen molar-refractivity contribution in [1.29, 1.82) is 0 Å². The summed E-state index contributed by atoms with van der Waals surface area (Å²) in [4.78, 5) is 12.9. The third-order valence-corrected chi connectivity index (χ3v) is 5.50. The Morgan fingerprint density at radius 1 is 1.00 bits per heavy atom. The van der Waals surface area contributed by atoms with Gasteiger partial charge in [0, 0.05) is 18.2 Å². The fourth-order valence-electron chi connectivity index (χ4n) is 3.64. The summed E-state index contributed by atoms with van der Waals surface area (Å²) in [7, 11) is 3.18. The topological polar surface area (TPSA) is 59.6 Å². The number of hydrogen-bond donors (Lipinski definition) is 2. The monoisotopic (exact) mass is 426 g/mol. The Morgan fingerprint density at radius 3 is 2.26 bits per heavy atom. The van der Waals surface area contributed by atoms with Gasteiger partial charge < -0.3 is 20.1 Å². The van der Waals surface area contributed by atoms with Crippen molar-refractivity contribution < 1.29 is 14.3 Å². The van der Waals surface area contributed by atoms with Crippen molar-refractivity contribution >= 4 is 11.6 Å². The highest BCUT2D eigenvalue weighted by molar-refractivity contribution is 5.91. The van der Waals surface area contributed by atoms with Crippen molar-refractivity contribution in [3.63, 3.8) is 0 Å². The molecule has 0 aliphatic heterocycles. The second kappa shape index (κ2) is 11.8. The van der Waals surface area contributed by atoms with Crippen LogP contribution in [0.2, 0.25) is 0 Å². The minimum Gasteiger partial charge on any atom is -0.493 e. The van der Waals surface area contributed by atoms with Crippen LogP contribution in [0.4, 0.5) is 5.69 Å². The predicted octanol–water partition coefficient (Wildman–Crippen LogP) is 5.50. The van der Waals surface area contributed by atoms with Gasteiger partial charge in [0.15, 0.2) is 11.5 Å². The van der Waals surface area contributed by atoms with Crippen LogP contribution in [-0.4, -0.2) is 33.2 Å². The summed E-state index contributed by atoms with van der Waals surface area (Å²) < 4.78 is 10.6. The summed E-state index contributed by atoms with van der Waals surface area (Å²) in [6.07, 6.45) is 2.43. The minimum atomic E-state index is 0.000526. The number of ether oxygens (including phenoxy) is 2. The molecule has 5 heteroatoms. The van der Waals surface area contributed by atoms with Gasteiger partial charge in [-0.15, -0.1) is 0 Å². The molecule has 2 aromatic rings. The van der Waals surface area contributed by atoms with Crippen LogP contribution in [0, 0.1) is 0 Å². The SMILES string of the molecule is CCNCCCC(CC(=O)Nc1ccc(OC)c(OC)c1)c1ccc(C(C)(C)C)cc1. The maximum Gasteiger partial charge on any atom is 0.224 e. The van der Waals surface area contributed by atoms with E-state index in [1.807, 2.05) is 6.07 Å². The van der Waals surface area contributed by atoms with Crippen molar-refractivity contribution in [2.75, 3.05) is 32.6 Å². The molecule has 1 amide bonds.